The van der Waals surface area contributed by atoms with Crippen LogP contribution in [0.5, 0.6) is 0 Å². The van der Waals surface area contributed by atoms with Crippen molar-refractivity contribution in [1.82, 2.24) is 9.88 Å². The second-order valence-electron chi connectivity index (χ2n) is 9.19. The molecule has 4 nitrogen and oxygen atoms in total. The summed E-state index contributed by atoms with van der Waals surface area (Å²) in [5.41, 5.74) is 3.80. The molecule has 1 aromatic heterocycles. The number of anilines is 1. The Morgan fingerprint density at radius 3 is 2.18 bits per heavy atom. The first-order valence-corrected chi connectivity index (χ1v) is 12.8. The van der Waals surface area contributed by atoms with E-state index in [4.69, 9.17) is 16.6 Å². The van der Waals surface area contributed by atoms with E-state index in [1.165, 1.54) is 16.9 Å². The Kier molecular flexibility index (Phi) is 8.69. The molecular formula is C27H34ClN3OS. The lowest BCUT2D eigenvalue weighted by Crippen LogP contribution is -2.34. The van der Waals surface area contributed by atoms with Gasteiger partial charge in [-0.3, -0.25) is 9.69 Å². The fourth-order valence-electron chi connectivity index (χ4n) is 3.69. The van der Waals surface area contributed by atoms with Crippen LogP contribution in [-0.4, -0.2) is 42.0 Å². The topological polar surface area (TPSA) is 36.4 Å². The molecule has 0 spiro atoms. The Bertz CT molecular complexity index is 1030. The number of thiazole rings is 1. The van der Waals surface area contributed by atoms with E-state index in [-0.39, 0.29) is 11.3 Å². The number of aromatic nitrogens is 1. The summed E-state index contributed by atoms with van der Waals surface area (Å²) in [5, 5.41) is 3.43. The van der Waals surface area contributed by atoms with Crippen molar-refractivity contribution in [2.24, 2.45) is 0 Å². The van der Waals surface area contributed by atoms with Crippen molar-refractivity contribution in [1.29, 1.82) is 0 Å². The molecule has 176 valence electrons. The predicted molar refractivity (Wildman–Crippen MR) is 142 cm³/mol. The molecular weight excluding hydrogens is 450 g/mol. The van der Waals surface area contributed by atoms with E-state index in [1.54, 1.807) is 0 Å². The standard InChI is InChI=1S/C27H34ClN3OS/c1-6-30(7-2)17-8-18-31(25(32)21-9-13-22(14-10-21)27(3,4)5)26-29-24(19-33-26)20-11-15-23(28)16-12-20/h9-16,19H,6-8,17-18H2,1-5H3. The van der Waals surface area contributed by atoms with Gasteiger partial charge in [-0.1, -0.05) is 70.5 Å². The molecule has 0 saturated heterocycles. The maximum atomic E-state index is 13.6. The molecule has 6 heteroatoms. The minimum absolute atomic E-state index is 0.00740. The molecule has 3 aromatic rings. The molecule has 1 heterocycles. The molecule has 0 N–H and O–H groups in total. The van der Waals surface area contributed by atoms with Gasteiger partial charge in [0, 0.05) is 28.1 Å². The fraction of sp³-hybridized carbons (Fsp3) is 0.407. The lowest BCUT2D eigenvalue weighted by atomic mass is 9.86. The van der Waals surface area contributed by atoms with Crippen molar-refractivity contribution in [2.75, 3.05) is 31.1 Å². The minimum atomic E-state index is -0.00740. The SMILES string of the molecule is CCN(CC)CCCN(C(=O)c1ccc(C(C)(C)C)cc1)c1nc(-c2ccc(Cl)cc2)cs1. The Labute approximate surface area is 207 Å². The van der Waals surface area contributed by atoms with Crippen molar-refractivity contribution < 1.29 is 4.79 Å². The molecule has 0 saturated carbocycles. The Hall–Kier alpha value is -2.21. The zero-order valence-corrected chi connectivity index (χ0v) is 21.8. The third kappa shape index (κ3) is 6.66. The summed E-state index contributed by atoms with van der Waals surface area (Å²) in [5.74, 6) is -0.00740. The number of amides is 1. The fourth-order valence-corrected chi connectivity index (χ4v) is 4.67. The maximum Gasteiger partial charge on any atom is 0.260 e. The molecule has 3 rings (SSSR count). The van der Waals surface area contributed by atoms with Gasteiger partial charge in [-0.15, -0.1) is 11.3 Å². The first kappa shape index (κ1) is 25.4. The van der Waals surface area contributed by atoms with Crippen LogP contribution >= 0.6 is 22.9 Å². The predicted octanol–water partition coefficient (Wildman–Crippen LogP) is 7.14. The van der Waals surface area contributed by atoms with Gasteiger partial charge in [0.05, 0.1) is 5.69 Å². The molecule has 0 radical (unpaired) electrons. The lowest BCUT2D eigenvalue weighted by Gasteiger charge is -2.24. The van der Waals surface area contributed by atoms with Crippen LogP contribution in [0.25, 0.3) is 11.3 Å². The number of carbonyl (C=O) groups is 1. The molecule has 0 atom stereocenters. The van der Waals surface area contributed by atoms with E-state index < -0.39 is 0 Å². The Morgan fingerprint density at radius 2 is 1.61 bits per heavy atom. The van der Waals surface area contributed by atoms with E-state index in [9.17, 15) is 4.79 Å². The third-order valence-corrected chi connectivity index (χ3v) is 6.97. The van der Waals surface area contributed by atoms with Crippen molar-refractivity contribution in [3.05, 3.63) is 70.1 Å². The van der Waals surface area contributed by atoms with E-state index in [2.05, 4.69) is 51.7 Å². The quantitative estimate of drug-likeness (QED) is 0.324. The van der Waals surface area contributed by atoms with Crippen LogP contribution in [-0.2, 0) is 5.41 Å². The van der Waals surface area contributed by atoms with Gasteiger partial charge in [0.2, 0.25) is 0 Å². The van der Waals surface area contributed by atoms with Gasteiger partial charge >= 0.3 is 0 Å². The van der Waals surface area contributed by atoms with Crippen molar-refractivity contribution in [2.45, 2.75) is 46.5 Å². The monoisotopic (exact) mass is 483 g/mol. The highest BCUT2D eigenvalue weighted by Gasteiger charge is 2.22. The molecule has 1 amide bonds. The molecule has 0 aliphatic carbocycles. The summed E-state index contributed by atoms with van der Waals surface area (Å²) in [6, 6.07) is 15.6. The normalized spacial score (nSPS) is 11.7. The first-order valence-electron chi connectivity index (χ1n) is 11.6. The van der Waals surface area contributed by atoms with Crippen molar-refractivity contribution in [3.8, 4) is 11.3 Å². The van der Waals surface area contributed by atoms with Gasteiger partial charge in [0.1, 0.15) is 0 Å². The number of rotatable bonds is 9. The van der Waals surface area contributed by atoms with Crippen LogP contribution in [0, 0.1) is 0 Å². The number of hydrogen-bond donors (Lipinski definition) is 0. The van der Waals surface area contributed by atoms with Gasteiger partial charge in [0.25, 0.3) is 5.91 Å². The molecule has 0 fully saturated rings. The molecule has 0 aliphatic rings. The van der Waals surface area contributed by atoms with E-state index in [0.29, 0.717) is 17.1 Å². The smallest absolute Gasteiger partial charge is 0.260 e. The van der Waals surface area contributed by atoms with Crippen LogP contribution in [0.1, 0.15) is 57.0 Å². The number of nitrogens with zero attached hydrogens (tertiary/aromatic N) is 3. The summed E-state index contributed by atoms with van der Waals surface area (Å²) in [6.07, 6.45) is 0.892. The van der Waals surface area contributed by atoms with Crippen LogP contribution in [0.3, 0.4) is 0 Å². The summed E-state index contributed by atoms with van der Waals surface area (Å²) in [4.78, 5) is 22.6. The second kappa shape index (κ2) is 11.3. The average molecular weight is 484 g/mol. The van der Waals surface area contributed by atoms with Crippen LogP contribution < -0.4 is 4.90 Å². The second-order valence-corrected chi connectivity index (χ2v) is 10.5. The number of benzene rings is 2. The van der Waals surface area contributed by atoms with E-state index in [1.807, 2.05) is 46.7 Å². The summed E-state index contributed by atoms with van der Waals surface area (Å²) in [7, 11) is 0. The van der Waals surface area contributed by atoms with E-state index >= 15 is 0 Å². The van der Waals surface area contributed by atoms with Crippen LogP contribution in [0.15, 0.2) is 53.9 Å². The number of halogens is 1. The average Bonchev–Trinajstić information content (AvgIpc) is 3.29. The van der Waals surface area contributed by atoms with Gasteiger partial charge < -0.3 is 4.90 Å². The molecule has 0 aliphatic heterocycles. The lowest BCUT2D eigenvalue weighted by molar-refractivity contribution is 0.0985. The van der Waals surface area contributed by atoms with Gasteiger partial charge in [-0.05, 0) is 61.3 Å². The van der Waals surface area contributed by atoms with E-state index in [0.717, 1.165) is 42.4 Å². The number of hydrogen-bond acceptors (Lipinski definition) is 4. The first-order chi connectivity index (χ1) is 15.7. The molecule has 0 bridgehead atoms. The minimum Gasteiger partial charge on any atom is -0.304 e. The highest BCUT2D eigenvalue weighted by molar-refractivity contribution is 7.14. The zero-order valence-electron chi connectivity index (χ0n) is 20.3. The highest BCUT2D eigenvalue weighted by Crippen LogP contribution is 2.30. The highest BCUT2D eigenvalue weighted by atomic mass is 35.5. The Morgan fingerprint density at radius 1 is 0.970 bits per heavy atom. The summed E-state index contributed by atoms with van der Waals surface area (Å²) >= 11 is 7.54. The number of carbonyl (C=O) groups excluding carboxylic acids is 1. The van der Waals surface area contributed by atoms with Crippen LogP contribution in [0.4, 0.5) is 5.13 Å². The summed E-state index contributed by atoms with van der Waals surface area (Å²) < 4.78 is 0. The molecule has 33 heavy (non-hydrogen) atoms. The van der Waals surface area contributed by atoms with Gasteiger partial charge in [-0.2, -0.15) is 0 Å². The summed E-state index contributed by atoms with van der Waals surface area (Å²) in [6.45, 7) is 14.5. The zero-order chi connectivity index (χ0) is 24.0. The van der Waals surface area contributed by atoms with Gasteiger partial charge in [0.15, 0.2) is 5.13 Å². The third-order valence-electron chi connectivity index (χ3n) is 5.86. The molecule has 0 unspecified atom stereocenters. The molecule has 2 aromatic carbocycles. The Balaban J connectivity index is 1.86. The van der Waals surface area contributed by atoms with Crippen molar-refractivity contribution in [3.63, 3.8) is 0 Å². The van der Waals surface area contributed by atoms with Crippen LogP contribution in [0.2, 0.25) is 5.02 Å². The maximum absolute atomic E-state index is 13.6. The van der Waals surface area contributed by atoms with Crippen molar-refractivity contribution >= 4 is 34.0 Å². The van der Waals surface area contributed by atoms with Gasteiger partial charge in [-0.25, -0.2) is 4.98 Å². The largest absolute Gasteiger partial charge is 0.304 e.